The number of nitrogens with one attached hydrogen (secondary N) is 2. The van der Waals surface area contributed by atoms with Crippen LogP contribution in [0.15, 0.2) is 23.1 Å². The lowest BCUT2D eigenvalue weighted by atomic mass is 10.3. The van der Waals surface area contributed by atoms with Gasteiger partial charge in [-0.05, 0) is 32.0 Å². The highest BCUT2D eigenvalue weighted by Gasteiger charge is 2.17. The van der Waals surface area contributed by atoms with Crippen molar-refractivity contribution in [1.29, 1.82) is 0 Å². The number of hydrogen-bond acceptors (Lipinski definition) is 4. The standard InChI is InChI=1S/C9H14FN3O4S2/c1-6(2)12-19(16,17)13-9-5-7(18(11,14)15)3-4-8(9)10/h3-6,12-13H,1-2H3,(H2,11,14,15). The summed E-state index contributed by atoms with van der Waals surface area (Å²) in [6.07, 6.45) is 0. The first-order valence-electron chi connectivity index (χ1n) is 5.14. The van der Waals surface area contributed by atoms with E-state index in [4.69, 9.17) is 5.14 Å². The lowest BCUT2D eigenvalue weighted by molar-refractivity contribution is 0.573. The predicted octanol–water partition coefficient (Wildman–Crippen LogP) is 0.128. The molecule has 0 aromatic heterocycles. The van der Waals surface area contributed by atoms with Crippen molar-refractivity contribution in [3.05, 3.63) is 24.0 Å². The number of nitrogens with two attached hydrogens (primary N) is 1. The van der Waals surface area contributed by atoms with Crippen LogP contribution in [-0.4, -0.2) is 22.9 Å². The molecule has 0 aliphatic carbocycles. The van der Waals surface area contributed by atoms with E-state index in [1.165, 1.54) is 0 Å². The van der Waals surface area contributed by atoms with Gasteiger partial charge in [0.2, 0.25) is 10.0 Å². The van der Waals surface area contributed by atoms with Gasteiger partial charge in [0.25, 0.3) is 10.2 Å². The van der Waals surface area contributed by atoms with Gasteiger partial charge >= 0.3 is 0 Å². The Bertz CT molecular complexity index is 671. The fraction of sp³-hybridized carbons (Fsp3) is 0.333. The van der Waals surface area contributed by atoms with Gasteiger partial charge in [-0.3, -0.25) is 4.72 Å². The number of hydrogen-bond donors (Lipinski definition) is 3. The SMILES string of the molecule is CC(C)NS(=O)(=O)Nc1cc(S(N)(=O)=O)ccc1F. The van der Waals surface area contributed by atoms with Crippen molar-refractivity contribution in [3.8, 4) is 0 Å². The van der Waals surface area contributed by atoms with Crippen molar-refractivity contribution in [2.75, 3.05) is 4.72 Å². The van der Waals surface area contributed by atoms with E-state index in [1.54, 1.807) is 13.8 Å². The van der Waals surface area contributed by atoms with Crippen LogP contribution in [0.3, 0.4) is 0 Å². The Hall–Kier alpha value is -1.23. The van der Waals surface area contributed by atoms with Crippen LogP contribution >= 0.6 is 0 Å². The van der Waals surface area contributed by atoms with Crippen molar-refractivity contribution in [3.63, 3.8) is 0 Å². The molecule has 1 aromatic carbocycles. The van der Waals surface area contributed by atoms with Gasteiger partial charge in [-0.2, -0.15) is 13.1 Å². The van der Waals surface area contributed by atoms with Crippen LogP contribution < -0.4 is 14.6 Å². The van der Waals surface area contributed by atoms with Crippen molar-refractivity contribution >= 4 is 25.9 Å². The molecule has 10 heteroatoms. The minimum atomic E-state index is -4.04. The molecule has 1 aromatic rings. The summed E-state index contributed by atoms with van der Waals surface area (Å²) in [5.41, 5.74) is -0.500. The molecule has 0 unspecified atom stereocenters. The lowest BCUT2D eigenvalue weighted by Crippen LogP contribution is -2.35. The molecular formula is C9H14FN3O4S2. The minimum Gasteiger partial charge on any atom is -0.268 e. The predicted molar refractivity (Wildman–Crippen MR) is 68.6 cm³/mol. The van der Waals surface area contributed by atoms with Gasteiger partial charge in [-0.15, -0.1) is 0 Å². The summed E-state index contributed by atoms with van der Waals surface area (Å²) < 4.78 is 62.8. The van der Waals surface area contributed by atoms with Gasteiger partial charge in [0.05, 0.1) is 10.6 Å². The Morgan fingerprint density at radius 1 is 1.21 bits per heavy atom. The van der Waals surface area contributed by atoms with E-state index in [0.29, 0.717) is 0 Å². The molecule has 0 amide bonds. The maximum atomic E-state index is 13.4. The van der Waals surface area contributed by atoms with Crippen LogP contribution in [0.25, 0.3) is 0 Å². The molecule has 0 saturated carbocycles. The molecule has 1 rings (SSSR count). The first kappa shape index (κ1) is 15.8. The average Bonchev–Trinajstić information content (AvgIpc) is 2.17. The first-order chi connectivity index (χ1) is 8.51. The summed E-state index contributed by atoms with van der Waals surface area (Å²) in [6, 6.07) is 2.16. The molecule has 0 saturated heterocycles. The summed E-state index contributed by atoms with van der Waals surface area (Å²) in [7, 11) is -8.04. The van der Waals surface area contributed by atoms with E-state index in [-0.39, 0.29) is 0 Å². The number of anilines is 1. The fourth-order valence-corrected chi connectivity index (χ4v) is 2.91. The summed E-state index contributed by atoms with van der Waals surface area (Å²) in [5, 5.41) is 4.88. The van der Waals surface area contributed by atoms with Crippen LogP contribution in [0.1, 0.15) is 13.8 Å². The molecule has 0 heterocycles. The Labute approximate surface area is 111 Å². The van der Waals surface area contributed by atoms with Gasteiger partial charge in [0.1, 0.15) is 5.82 Å². The monoisotopic (exact) mass is 311 g/mol. The molecule has 4 N–H and O–H groups in total. The van der Waals surface area contributed by atoms with Crippen molar-refractivity contribution in [2.24, 2.45) is 5.14 Å². The number of rotatable bonds is 5. The van der Waals surface area contributed by atoms with E-state index in [9.17, 15) is 21.2 Å². The van der Waals surface area contributed by atoms with Crippen LogP contribution in [0, 0.1) is 5.82 Å². The Kier molecular flexibility index (Phi) is 4.50. The third-order valence-corrected chi connectivity index (χ3v) is 4.08. The van der Waals surface area contributed by atoms with Crippen molar-refractivity contribution in [2.45, 2.75) is 24.8 Å². The van der Waals surface area contributed by atoms with E-state index in [2.05, 4.69) is 4.72 Å². The molecule has 0 aliphatic heterocycles. The zero-order valence-corrected chi connectivity index (χ0v) is 11.8. The zero-order chi connectivity index (χ0) is 14.8. The molecule has 0 fully saturated rings. The third kappa shape index (κ3) is 4.74. The van der Waals surface area contributed by atoms with E-state index < -0.39 is 42.7 Å². The Balaban J connectivity index is 3.15. The van der Waals surface area contributed by atoms with Crippen LogP contribution in [0.5, 0.6) is 0 Å². The maximum absolute atomic E-state index is 13.4. The fourth-order valence-electron chi connectivity index (χ4n) is 1.24. The summed E-state index contributed by atoms with van der Waals surface area (Å²) >= 11 is 0. The quantitative estimate of drug-likeness (QED) is 0.716. The van der Waals surface area contributed by atoms with E-state index >= 15 is 0 Å². The van der Waals surface area contributed by atoms with Gasteiger partial charge in [0, 0.05) is 6.04 Å². The second-order valence-electron chi connectivity index (χ2n) is 4.06. The first-order valence-corrected chi connectivity index (χ1v) is 8.16. The van der Waals surface area contributed by atoms with E-state index in [0.717, 1.165) is 18.2 Å². The summed E-state index contributed by atoms with van der Waals surface area (Å²) in [6.45, 7) is 3.16. The Morgan fingerprint density at radius 2 is 1.79 bits per heavy atom. The average molecular weight is 311 g/mol. The largest absolute Gasteiger partial charge is 0.299 e. The second kappa shape index (κ2) is 5.41. The van der Waals surface area contributed by atoms with Crippen LogP contribution in [0.2, 0.25) is 0 Å². The minimum absolute atomic E-state index is 0.392. The third-order valence-electron chi connectivity index (χ3n) is 1.90. The van der Waals surface area contributed by atoms with Crippen LogP contribution in [0.4, 0.5) is 10.1 Å². The molecule has 0 aliphatic rings. The van der Waals surface area contributed by atoms with Crippen LogP contribution in [-0.2, 0) is 20.2 Å². The molecule has 0 bridgehead atoms. The van der Waals surface area contributed by atoms with Crippen molar-refractivity contribution < 1.29 is 21.2 Å². The number of primary sulfonamides is 1. The smallest absolute Gasteiger partial charge is 0.268 e. The number of halogens is 1. The van der Waals surface area contributed by atoms with Gasteiger partial charge in [-0.1, -0.05) is 0 Å². The summed E-state index contributed by atoms with van der Waals surface area (Å²) in [4.78, 5) is -0.392. The number of benzene rings is 1. The van der Waals surface area contributed by atoms with Gasteiger partial charge in [0.15, 0.2) is 0 Å². The zero-order valence-electron chi connectivity index (χ0n) is 10.2. The van der Waals surface area contributed by atoms with E-state index in [1.807, 2.05) is 4.72 Å². The maximum Gasteiger partial charge on any atom is 0.299 e. The molecule has 7 nitrogen and oxygen atoms in total. The Morgan fingerprint density at radius 3 is 2.26 bits per heavy atom. The normalized spacial score (nSPS) is 12.7. The molecule has 0 radical (unpaired) electrons. The van der Waals surface area contributed by atoms with Gasteiger partial charge < -0.3 is 0 Å². The molecular weight excluding hydrogens is 297 g/mol. The van der Waals surface area contributed by atoms with Gasteiger partial charge in [-0.25, -0.2) is 17.9 Å². The highest BCUT2D eigenvalue weighted by molar-refractivity contribution is 7.90. The molecule has 0 spiro atoms. The van der Waals surface area contributed by atoms with Crippen molar-refractivity contribution in [1.82, 2.24) is 4.72 Å². The second-order valence-corrected chi connectivity index (χ2v) is 7.07. The lowest BCUT2D eigenvalue weighted by Gasteiger charge is -2.12. The number of sulfonamides is 1. The summed E-state index contributed by atoms with van der Waals surface area (Å²) in [5.74, 6) is -0.915. The molecule has 0 atom stereocenters. The molecule has 19 heavy (non-hydrogen) atoms. The molecule has 108 valence electrons. The topological polar surface area (TPSA) is 118 Å². The highest BCUT2D eigenvalue weighted by Crippen LogP contribution is 2.19. The highest BCUT2D eigenvalue weighted by atomic mass is 32.2.